The molecule has 0 fully saturated rings. The molecule has 0 aliphatic carbocycles. The van der Waals surface area contributed by atoms with E-state index in [4.69, 9.17) is 9.47 Å². The number of halogens is 1. The maximum atomic E-state index is 13.3. The Labute approximate surface area is 99.7 Å². The number of ether oxygens (including phenoxy) is 2. The van der Waals surface area contributed by atoms with Crippen LogP contribution in [0.4, 0.5) is 10.1 Å². The Bertz CT molecular complexity index is 382. The molecule has 0 radical (unpaired) electrons. The molecule has 5 heteroatoms. The highest BCUT2D eigenvalue weighted by molar-refractivity contribution is 5.91. The van der Waals surface area contributed by atoms with Gasteiger partial charge in [-0.25, -0.2) is 4.39 Å². The molecule has 0 saturated heterocycles. The Kier molecular flexibility index (Phi) is 5.42. The molecule has 0 atom stereocenters. The molecule has 0 aliphatic rings. The van der Waals surface area contributed by atoms with Crippen molar-refractivity contribution in [1.29, 1.82) is 0 Å². The van der Waals surface area contributed by atoms with E-state index in [2.05, 4.69) is 5.32 Å². The van der Waals surface area contributed by atoms with Crippen molar-refractivity contribution in [2.75, 3.05) is 25.6 Å². The summed E-state index contributed by atoms with van der Waals surface area (Å²) in [6.45, 7) is 2.46. The largest absolute Gasteiger partial charge is 0.494 e. The smallest absolute Gasteiger partial charge is 0.250 e. The number of methoxy groups -OCH3 is 1. The van der Waals surface area contributed by atoms with Crippen LogP contribution in [0.5, 0.6) is 5.75 Å². The summed E-state index contributed by atoms with van der Waals surface area (Å²) in [5, 5.41) is 2.53. The van der Waals surface area contributed by atoms with Crippen LogP contribution in [0.3, 0.4) is 0 Å². The fourth-order valence-corrected chi connectivity index (χ4v) is 1.25. The Morgan fingerprint density at radius 1 is 1.47 bits per heavy atom. The molecule has 1 rings (SSSR count). The zero-order valence-electron chi connectivity index (χ0n) is 9.96. The van der Waals surface area contributed by atoms with Crippen molar-refractivity contribution in [3.8, 4) is 5.75 Å². The van der Waals surface area contributed by atoms with Gasteiger partial charge in [0.1, 0.15) is 6.61 Å². The number of hydrogen-bond donors (Lipinski definition) is 1. The number of benzene rings is 1. The number of carbonyl (C=O) groups is 1. The lowest BCUT2D eigenvalue weighted by atomic mass is 10.3. The zero-order chi connectivity index (χ0) is 12.7. The molecule has 0 bridgehead atoms. The quantitative estimate of drug-likeness (QED) is 0.777. The highest BCUT2D eigenvalue weighted by Crippen LogP contribution is 2.20. The van der Waals surface area contributed by atoms with E-state index in [1.54, 1.807) is 6.07 Å². The van der Waals surface area contributed by atoms with Crippen molar-refractivity contribution in [2.45, 2.75) is 13.3 Å². The molecular weight excluding hydrogens is 225 g/mol. The van der Waals surface area contributed by atoms with Crippen molar-refractivity contribution in [2.24, 2.45) is 0 Å². The first-order valence-electron chi connectivity index (χ1n) is 5.38. The molecular formula is C12H16FNO3. The van der Waals surface area contributed by atoms with Gasteiger partial charge in [0.05, 0.1) is 7.11 Å². The Hall–Kier alpha value is -1.62. The molecule has 1 aromatic carbocycles. The normalized spacial score (nSPS) is 10.1. The average Bonchev–Trinajstić information content (AvgIpc) is 2.29. The number of carbonyl (C=O) groups excluding carboxylic acids is 1. The average molecular weight is 241 g/mol. The second-order valence-corrected chi connectivity index (χ2v) is 3.45. The number of anilines is 1. The van der Waals surface area contributed by atoms with Gasteiger partial charge in [-0.2, -0.15) is 0 Å². The van der Waals surface area contributed by atoms with Crippen LogP contribution in [0, 0.1) is 5.82 Å². The second kappa shape index (κ2) is 6.85. The standard InChI is InChI=1S/C12H16FNO3/c1-3-6-17-8-12(15)14-9-4-5-11(16-2)10(13)7-9/h4-5,7H,3,6,8H2,1-2H3,(H,14,15). The minimum absolute atomic E-state index is 0.0263. The van der Waals surface area contributed by atoms with Crippen LogP contribution in [0.2, 0.25) is 0 Å². The third-order valence-electron chi connectivity index (χ3n) is 2.02. The molecule has 0 aromatic heterocycles. The van der Waals surface area contributed by atoms with Crippen molar-refractivity contribution in [3.05, 3.63) is 24.0 Å². The van der Waals surface area contributed by atoms with E-state index in [9.17, 15) is 9.18 Å². The van der Waals surface area contributed by atoms with E-state index in [0.717, 1.165) is 6.42 Å². The summed E-state index contributed by atoms with van der Waals surface area (Å²) in [5.74, 6) is -0.673. The minimum atomic E-state index is -0.514. The third kappa shape index (κ3) is 4.40. The van der Waals surface area contributed by atoms with Crippen molar-refractivity contribution in [1.82, 2.24) is 0 Å². The van der Waals surface area contributed by atoms with Crippen molar-refractivity contribution >= 4 is 11.6 Å². The summed E-state index contributed by atoms with van der Waals surface area (Å²) in [5.41, 5.74) is 0.383. The first-order valence-corrected chi connectivity index (χ1v) is 5.38. The Morgan fingerprint density at radius 2 is 2.24 bits per heavy atom. The van der Waals surface area contributed by atoms with Crippen LogP contribution >= 0.6 is 0 Å². The fourth-order valence-electron chi connectivity index (χ4n) is 1.25. The molecule has 17 heavy (non-hydrogen) atoms. The number of nitrogens with one attached hydrogen (secondary N) is 1. The summed E-state index contributed by atoms with van der Waals surface area (Å²) >= 11 is 0. The van der Waals surface area contributed by atoms with E-state index in [0.29, 0.717) is 12.3 Å². The molecule has 0 heterocycles. The van der Waals surface area contributed by atoms with Gasteiger partial charge in [0.2, 0.25) is 5.91 Å². The van der Waals surface area contributed by atoms with Gasteiger partial charge in [-0.15, -0.1) is 0 Å². The predicted octanol–water partition coefficient (Wildman–Crippen LogP) is 2.20. The van der Waals surface area contributed by atoms with Crippen LogP contribution in [-0.4, -0.2) is 26.2 Å². The molecule has 1 aromatic rings. The van der Waals surface area contributed by atoms with Crippen LogP contribution in [0.15, 0.2) is 18.2 Å². The van der Waals surface area contributed by atoms with E-state index in [1.807, 2.05) is 6.92 Å². The molecule has 94 valence electrons. The monoisotopic (exact) mass is 241 g/mol. The summed E-state index contributed by atoms with van der Waals surface area (Å²) in [7, 11) is 1.38. The molecule has 0 unspecified atom stereocenters. The highest BCUT2D eigenvalue weighted by Gasteiger charge is 2.06. The van der Waals surface area contributed by atoms with Crippen LogP contribution in [-0.2, 0) is 9.53 Å². The van der Waals surface area contributed by atoms with Gasteiger partial charge in [-0.1, -0.05) is 6.92 Å². The predicted molar refractivity (Wildman–Crippen MR) is 62.7 cm³/mol. The van der Waals surface area contributed by atoms with Gasteiger partial charge in [-0.3, -0.25) is 4.79 Å². The second-order valence-electron chi connectivity index (χ2n) is 3.45. The SMILES string of the molecule is CCCOCC(=O)Nc1ccc(OC)c(F)c1. The minimum Gasteiger partial charge on any atom is -0.494 e. The van der Waals surface area contributed by atoms with Crippen molar-refractivity contribution in [3.63, 3.8) is 0 Å². The highest BCUT2D eigenvalue weighted by atomic mass is 19.1. The van der Waals surface area contributed by atoms with Crippen LogP contribution in [0.25, 0.3) is 0 Å². The van der Waals surface area contributed by atoms with Gasteiger partial charge in [-0.05, 0) is 18.6 Å². The number of amides is 1. The molecule has 0 spiro atoms. The molecule has 4 nitrogen and oxygen atoms in total. The fraction of sp³-hybridized carbons (Fsp3) is 0.417. The molecule has 1 amide bonds. The van der Waals surface area contributed by atoms with Gasteiger partial charge in [0.25, 0.3) is 0 Å². The third-order valence-corrected chi connectivity index (χ3v) is 2.02. The van der Waals surface area contributed by atoms with Crippen LogP contribution < -0.4 is 10.1 Å². The summed E-state index contributed by atoms with van der Waals surface area (Å²) in [4.78, 5) is 11.4. The molecule has 1 N–H and O–H groups in total. The summed E-state index contributed by atoms with van der Waals surface area (Å²) in [6.07, 6.45) is 0.852. The molecule has 0 aliphatic heterocycles. The van der Waals surface area contributed by atoms with Crippen molar-refractivity contribution < 1.29 is 18.7 Å². The first kappa shape index (κ1) is 13.4. The summed E-state index contributed by atoms with van der Waals surface area (Å²) < 4.78 is 23.1. The van der Waals surface area contributed by atoms with Gasteiger partial charge in [0, 0.05) is 18.4 Å². The lowest BCUT2D eigenvalue weighted by Gasteiger charge is -2.07. The van der Waals surface area contributed by atoms with Crippen LogP contribution in [0.1, 0.15) is 13.3 Å². The topological polar surface area (TPSA) is 47.6 Å². The van der Waals surface area contributed by atoms with Gasteiger partial charge >= 0.3 is 0 Å². The number of hydrogen-bond acceptors (Lipinski definition) is 3. The zero-order valence-corrected chi connectivity index (χ0v) is 9.96. The molecule has 0 saturated carbocycles. The van der Waals surface area contributed by atoms with Gasteiger partial charge < -0.3 is 14.8 Å². The Morgan fingerprint density at radius 3 is 2.82 bits per heavy atom. The van der Waals surface area contributed by atoms with Gasteiger partial charge in [0.15, 0.2) is 11.6 Å². The van der Waals surface area contributed by atoms with E-state index >= 15 is 0 Å². The number of rotatable bonds is 6. The lowest BCUT2D eigenvalue weighted by Crippen LogP contribution is -2.18. The maximum absolute atomic E-state index is 13.3. The van der Waals surface area contributed by atoms with E-state index < -0.39 is 5.82 Å². The lowest BCUT2D eigenvalue weighted by molar-refractivity contribution is -0.120. The first-order chi connectivity index (χ1) is 8.17. The Balaban J connectivity index is 2.51. The maximum Gasteiger partial charge on any atom is 0.250 e. The summed E-state index contributed by atoms with van der Waals surface area (Å²) in [6, 6.07) is 4.23. The van der Waals surface area contributed by atoms with E-state index in [-0.39, 0.29) is 18.3 Å². The van der Waals surface area contributed by atoms with E-state index in [1.165, 1.54) is 19.2 Å².